The highest BCUT2D eigenvalue weighted by atomic mass is 19.3. The molecule has 0 radical (unpaired) electrons. The number of pyridine rings is 1. The highest BCUT2D eigenvalue weighted by Crippen LogP contribution is 2.65. The lowest BCUT2D eigenvalue weighted by Gasteiger charge is -2.57. The maximum Gasteiger partial charge on any atom is 0.266 e. The zero-order chi connectivity index (χ0) is 29.0. The highest BCUT2D eigenvalue weighted by Gasteiger charge is 2.62. The molecular weight excluding hydrogens is 538 g/mol. The van der Waals surface area contributed by atoms with Crippen molar-refractivity contribution in [3.8, 4) is 0 Å². The second-order valence-corrected chi connectivity index (χ2v) is 11.7. The topological polar surface area (TPSA) is 66.4 Å². The van der Waals surface area contributed by atoms with Crippen LogP contribution in [-0.2, 0) is 0 Å². The SMILES string of the molecule is CC(NC(=O)c1cn(C2CC3(C2)CC(F)(F)C3)c(=O)cc1N[C@@H]1CCN(C)C[C@@H]1F)c1cccc(C(F)F)c1F. The van der Waals surface area contributed by atoms with Gasteiger partial charge < -0.3 is 20.1 Å². The number of hydrogen-bond donors (Lipinski definition) is 2. The van der Waals surface area contributed by atoms with Crippen molar-refractivity contribution in [3.05, 3.63) is 63.3 Å². The first-order chi connectivity index (χ1) is 18.8. The molecule has 3 atom stereocenters. The predicted octanol–water partition coefficient (Wildman–Crippen LogP) is 5.62. The van der Waals surface area contributed by atoms with Gasteiger partial charge in [0.25, 0.3) is 17.9 Å². The van der Waals surface area contributed by atoms with Crippen LogP contribution in [-0.4, -0.2) is 53.6 Å². The molecule has 6 nitrogen and oxygen atoms in total. The summed E-state index contributed by atoms with van der Waals surface area (Å²) in [6.45, 7) is 2.21. The van der Waals surface area contributed by atoms with E-state index in [1.54, 1.807) is 7.05 Å². The van der Waals surface area contributed by atoms with Crippen molar-refractivity contribution in [2.45, 2.75) is 75.7 Å². The van der Waals surface area contributed by atoms with E-state index in [1.165, 1.54) is 35.9 Å². The quantitative estimate of drug-likeness (QED) is 0.424. The third-order valence-corrected chi connectivity index (χ3v) is 8.52. The molecule has 2 heterocycles. The summed E-state index contributed by atoms with van der Waals surface area (Å²) in [5, 5.41) is 5.60. The molecular formula is C28H32F6N4O2. The predicted molar refractivity (Wildman–Crippen MR) is 137 cm³/mol. The Morgan fingerprint density at radius 1 is 1.15 bits per heavy atom. The number of amides is 1. The Hall–Kier alpha value is -3.02. The summed E-state index contributed by atoms with van der Waals surface area (Å²) in [5.41, 5.74) is -1.81. The Bertz CT molecular complexity index is 1330. The molecule has 2 aliphatic carbocycles. The van der Waals surface area contributed by atoms with Gasteiger partial charge in [-0.3, -0.25) is 9.59 Å². The number of alkyl halides is 5. The molecule has 1 unspecified atom stereocenters. The minimum Gasteiger partial charge on any atom is -0.378 e. The monoisotopic (exact) mass is 570 g/mol. The molecule has 1 saturated heterocycles. The van der Waals surface area contributed by atoms with Crippen molar-refractivity contribution in [1.29, 1.82) is 0 Å². The van der Waals surface area contributed by atoms with Gasteiger partial charge in [-0.05, 0) is 38.6 Å². The van der Waals surface area contributed by atoms with Crippen LogP contribution >= 0.6 is 0 Å². The summed E-state index contributed by atoms with van der Waals surface area (Å²) in [4.78, 5) is 28.4. The average Bonchev–Trinajstić information content (AvgIpc) is 2.82. The van der Waals surface area contributed by atoms with Crippen LogP contribution < -0.4 is 16.2 Å². The maximum atomic E-state index is 14.8. The molecule has 5 rings (SSSR count). The van der Waals surface area contributed by atoms with Crippen LogP contribution in [0.3, 0.4) is 0 Å². The van der Waals surface area contributed by atoms with Crippen molar-refractivity contribution < 1.29 is 31.1 Å². The highest BCUT2D eigenvalue weighted by molar-refractivity contribution is 5.99. The van der Waals surface area contributed by atoms with E-state index < -0.39 is 58.9 Å². The lowest BCUT2D eigenvalue weighted by Crippen LogP contribution is -2.55. The zero-order valence-electron chi connectivity index (χ0n) is 22.2. The number of anilines is 1. The van der Waals surface area contributed by atoms with Gasteiger partial charge in [0.2, 0.25) is 5.92 Å². The van der Waals surface area contributed by atoms with Crippen LogP contribution in [0.5, 0.6) is 0 Å². The zero-order valence-corrected chi connectivity index (χ0v) is 22.2. The molecule has 3 fully saturated rings. The lowest BCUT2D eigenvalue weighted by molar-refractivity contribution is -0.203. The Balaban J connectivity index is 1.42. The van der Waals surface area contributed by atoms with Gasteiger partial charge in [0.1, 0.15) is 12.0 Å². The summed E-state index contributed by atoms with van der Waals surface area (Å²) in [6, 6.07) is 2.67. The third kappa shape index (κ3) is 5.46. The Kier molecular flexibility index (Phi) is 7.43. The van der Waals surface area contributed by atoms with Gasteiger partial charge in [-0.25, -0.2) is 26.3 Å². The van der Waals surface area contributed by atoms with Crippen LogP contribution in [0, 0.1) is 11.2 Å². The van der Waals surface area contributed by atoms with Crippen molar-refractivity contribution in [2.75, 3.05) is 25.5 Å². The number of carbonyl (C=O) groups excluding carboxylic acids is 1. The fourth-order valence-corrected chi connectivity index (χ4v) is 6.45. The molecule has 2 N–H and O–H groups in total. The second kappa shape index (κ2) is 10.4. The van der Waals surface area contributed by atoms with Crippen molar-refractivity contribution in [2.24, 2.45) is 5.41 Å². The number of benzene rings is 1. The minimum absolute atomic E-state index is 0.0112. The molecule has 1 aliphatic heterocycles. The van der Waals surface area contributed by atoms with E-state index in [0.717, 1.165) is 6.07 Å². The number of rotatable bonds is 7. The van der Waals surface area contributed by atoms with E-state index in [1.807, 2.05) is 4.90 Å². The number of piperidine rings is 1. The minimum atomic E-state index is -3.04. The Morgan fingerprint density at radius 2 is 1.82 bits per heavy atom. The Morgan fingerprint density at radius 3 is 2.45 bits per heavy atom. The van der Waals surface area contributed by atoms with Crippen LogP contribution in [0.2, 0.25) is 0 Å². The number of halogens is 6. The second-order valence-electron chi connectivity index (χ2n) is 11.7. The normalized spacial score (nSPS) is 24.8. The summed E-state index contributed by atoms with van der Waals surface area (Å²) in [7, 11) is 1.79. The first-order valence-corrected chi connectivity index (χ1v) is 13.4. The fraction of sp³-hybridized carbons (Fsp3) is 0.571. The van der Waals surface area contributed by atoms with E-state index in [0.29, 0.717) is 25.8 Å². The molecule has 3 aliphatic rings. The number of nitrogens with one attached hydrogen (secondary N) is 2. The number of hydrogen-bond acceptors (Lipinski definition) is 4. The molecule has 1 aromatic carbocycles. The fourth-order valence-electron chi connectivity index (χ4n) is 6.45. The number of aromatic nitrogens is 1. The van der Waals surface area contributed by atoms with E-state index in [-0.39, 0.29) is 42.2 Å². The average molecular weight is 571 g/mol. The molecule has 0 bridgehead atoms. The first kappa shape index (κ1) is 28.5. The van der Waals surface area contributed by atoms with E-state index >= 15 is 0 Å². The summed E-state index contributed by atoms with van der Waals surface area (Å²) in [5.74, 6) is -4.55. The molecule has 12 heteroatoms. The number of nitrogens with zero attached hydrogens (tertiary/aromatic N) is 2. The van der Waals surface area contributed by atoms with Crippen LogP contribution in [0.1, 0.15) is 79.0 Å². The molecule has 1 amide bonds. The van der Waals surface area contributed by atoms with Crippen LogP contribution in [0.15, 0.2) is 35.3 Å². The van der Waals surface area contributed by atoms with E-state index in [2.05, 4.69) is 10.6 Å². The van der Waals surface area contributed by atoms with Crippen LogP contribution in [0.4, 0.5) is 32.0 Å². The largest absolute Gasteiger partial charge is 0.378 e. The van der Waals surface area contributed by atoms with Crippen molar-refractivity contribution in [3.63, 3.8) is 0 Å². The van der Waals surface area contributed by atoms with Gasteiger partial charge in [0, 0.05) is 49.8 Å². The summed E-state index contributed by atoms with van der Waals surface area (Å²) >= 11 is 0. The van der Waals surface area contributed by atoms with Gasteiger partial charge in [-0.15, -0.1) is 0 Å². The van der Waals surface area contributed by atoms with Crippen molar-refractivity contribution in [1.82, 2.24) is 14.8 Å². The Labute approximate surface area is 227 Å². The van der Waals surface area contributed by atoms with Gasteiger partial charge in [0.15, 0.2) is 0 Å². The summed E-state index contributed by atoms with van der Waals surface area (Å²) in [6.07, 6.45) is -2.27. The molecule has 1 spiro atoms. The smallest absolute Gasteiger partial charge is 0.266 e. The van der Waals surface area contributed by atoms with Crippen molar-refractivity contribution >= 4 is 11.6 Å². The lowest BCUT2D eigenvalue weighted by atomic mass is 9.52. The molecule has 2 saturated carbocycles. The maximum absolute atomic E-state index is 14.8. The molecule has 2 aromatic rings. The number of carbonyl (C=O) groups is 1. The van der Waals surface area contributed by atoms with Crippen LogP contribution in [0.25, 0.3) is 0 Å². The summed E-state index contributed by atoms with van der Waals surface area (Å²) < 4.78 is 84.3. The van der Waals surface area contributed by atoms with Gasteiger partial charge >= 0.3 is 0 Å². The number of likely N-dealkylation sites (tertiary alicyclic amines) is 1. The third-order valence-electron chi connectivity index (χ3n) is 8.52. The van der Waals surface area contributed by atoms with E-state index in [9.17, 15) is 35.9 Å². The molecule has 40 heavy (non-hydrogen) atoms. The first-order valence-electron chi connectivity index (χ1n) is 13.4. The van der Waals surface area contributed by atoms with Gasteiger partial charge in [-0.1, -0.05) is 18.2 Å². The van der Waals surface area contributed by atoms with Gasteiger partial charge in [0.05, 0.1) is 28.9 Å². The van der Waals surface area contributed by atoms with Gasteiger partial charge in [-0.2, -0.15) is 0 Å². The standard InChI is InChI=1S/C28H32F6N4O2/c1-15(17-4-3-5-18(24(17)30)25(31)32)35-26(40)19-11-38(16-9-27(10-16)13-28(33,34)14-27)23(39)8-22(19)36-21-6-7-37(2)12-20(21)29/h3-5,8,11,15-16,20-21,25,36H,6-7,9-10,12-14H2,1-2H3,(H,35,40)/t15?,20-,21+/m0/s1. The molecule has 1 aromatic heterocycles. The molecule has 218 valence electrons. The van der Waals surface area contributed by atoms with E-state index in [4.69, 9.17) is 0 Å².